The van der Waals surface area contributed by atoms with Gasteiger partial charge in [0.1, 0.15) is 5.82 Å². The highest BCUT2D eigenvalue weighted by Crippen LogP contribution is 1.96. The van der Waals surface area contributed by atoms with E-state index in [0.717, 1.165) is 0 Å². The smallest absolute Gasteiger partial charge is 0.317 e. The molecule has 0 aliphatic rings. The second-order valence-electron chi connectivity index (χ2n) is 2.89. The number of hydrazine groups is 1. The molecule has 1 rings (SSSR count). The van der Waals surface area contributed by atoms with Crippen LogP contribution in [0.1, 0.15) is 0 Å². The molecule has 0 aliphatic carbocycles. The van der Waals surface area contributed by atoms with E-state index in [-0.39, 0.29) is 19.0 Å². The first kappa shape index (κ1) is 11.9. The fraction of sp³-hybridized carbons (Fsp3) is 0.222. The number of rotatable bonds is 6. The summed E-state index contributed by atoms with van der Waals surface area (Å²) in [5.41, 5.74) is 4.95. The Morgan fingerprint density at radius 3 is 2.75 bits per heavy atom. The van der Waals surface area contributed by atoms with Crippen molar-refractivity contribution in [3.05, 3.63) is 24.4 Å². The van der Waals surface area contributed by atoms with Gasteiger partial charge in [0, 0.05) is 6.20 Å². The molecule has 0 spiro atoms. The lowest BCUT2D eigenvalue weighted by atomic mass is 10.5. The van der Waals surface area contributed by atoms with Crippen molar-refractivity contribution in [3.63, 3.8) is 0 Å². The molecule has 4 N–H and O–H groups in total. The average Bonchev–Trinajstić information content (AvgIpc) is 2.27. The van der Waals surface area contributed by atoms with E-state index in [0.29, 0.717) is 5.82 Å². The summed E-state index contributed by atoms with van der Waals surface area (Å²) in [7, 11) is 0. The van der Waals surface area contributed by atoms with Crippen molar-refractivity contribution in [3.8, 4) is 0 Å². The fourth-order valence-electron chi connectivity index (χ4n) is 0.898. The molecule has 1 aromatic heterocycles. The normalized spacial score (nSPS) is 9.50. The van der Waals surface area contributed by atoms with Gasteiger partial charge in [0.25, 0.3) is 5.91 Å². The Morgan fingerprint density at radius 1 is 1.31 bits per heavy atom. The first-order valence-corrected chi connectivity index (χ1v) is 4.57. The van der Waals surface area contributed by atoms with Crippen LogP contribution >= 0.6 is 0 Å². The van der Waals surface area contributed by atoms with Gasteiger partial charge in [-0.1, -0.05) is 6.07 Å². The summed E-state index contributed by atoms with van der Waals surface area (Å²) in [5.74, 6) is -0.869. The Labute approximate surface area is 91.8 Å². The third-order valence-corrected chi connectivity index (χ3v) is 1.56. The maximum atomic E-state index is 11.1. The molecule has 0 aromatic carbocycles. The van der Waals surface area contributed by atoms with Gasteiger partial charge in [-0.05, 0) is 12.1 Å². The monoisotopic (exact) mass is 224 g/mol. The number of aliphatic carboxylic acids is 1. The molecule has 0 saturated carbocycles. The first-order valence-electron chi connectivity index (χ1n) is 4.57. The molecule has 0 radical (unpaired) electrons. The zero-order chi connectivity index (χ0) is 11.8. The molecule has 16 heavy (non-hydrogen) atoms. The third kappa shape index (κ3) is 4.91. The molecule has 0 saturated heterocycles. The largest absolute Gasteiger partial charge is 0.480 e. The van der Waals surface area contributed by atoms with Gasteiger partial charge in [0.05, 0.1) is 13.1 Å². The predicted molar refractivity (Wildman–Crippen MR) is 56.5 cm³/mol. The van der Waals surface area contributed by atoms with E-state index in [4.69, 9.17) is 5.11 Å². The van der Waals surface area contributed by atoms with Crippen LogP contribution < -0.4 is 16.2 Å². The molecule has 0 atom stereocenters. The summed E-state index contributed by atoms with van der Waals surface area (Å²) in [6.45, 7) is -0.330. The summed E-state index contributed by atoms with van der Waals surface area (Å²) in [5, 5.41) is 10.8. The molecular formula is C9H12N4O3. The molecule has 7 nitrogen and oxygen atoms in total. The van der Waals surface area contributed by atoms with Gasteiger partial charge in [0.2, 0.25) is 0 Å². The standard InChI is InChI=1S/C9H12N4O3/c14-8(5-10-6-9(15)16)13-12-7-3-1-2-4-11-7/h1-4,10H,5-6H2,(H,11,12)(H,13,14)(H,15,16). The van der Waals surface area contributed by atoms with Crippen molar-refractivity contribution in [1.82, 2.24) is 15.7 Å². The quantitative estimate of drug-likeness (QED) is 0.472. The fourth-order valence-corrected chi connectivity index (χ4v) is 0.898. The molecule has 0 bridgehead atoms. The second kappa shape index (κ2) is 6.36. The van der Waals surface area contributed by atoms with Crippen molar-refractivity contribution in [2.45, 2.75) is 0 Å². The zero-order valence-corrected chi connectivity index (χ0v) is 8.43. The van der Waals surface area contributed by atoms with Crippen molar-refractivity contribution >= 4 is 17.7 Å². The number of anilines is 1. The highest BCUT2D eigenvalue weighted by atomic mass is 16.4. The molecule has 0 unspecified atom stereocenters. The maximum absolute atomic E-state index is 11.1. The van der Waals surface area contributed by atoms with Crippen LogP contribution in [0.25, 0.3) is 0 Å². The van der Waals surface area contributed by atoms with Crippen LogP contribution in [0, 0.1) is 0 Å². The number of nitrogens with one attached hydrogen (secondary N) is 3. The number of hydrogen-bond donors (Lipinski definition) is 4. The Kier molecular flexibility index (Phi) is 4.74. The number of carboxylic acid groups (broad SMARTS) is 1. The number of amides is 1. The van der Waals surface area contributed by atoms with Gasteiger partial charge in [-0.25, -0.2) is 4.98 Å². The van der Waals surface area contributed by atoms with Gasteiger partial charge >= 0.3 is 5.97 Å². The van der Waals surface area contributed by atoms with E-state index in [1.807, 2.05) is 0 Å². The van der Waals surface area contributed by atoms with Crippen molar-refractivity contribution in [1.29, 1.82) is 0 Å². The molecule has 1 heterocycles. The van der Waals surface area contributed by atoms with Gasteiger partial charge in [-0.15, -0.1) is 0 Å². The van der Waals surface area contributed by atoms with Crippen molar-refractivity contribution in [2.24, 2.45) is 0 Å². The molecule has 7 heteroatoms. The van der Waals surface area contributed by atoms with Crippen LogP contribution in [-0.2, 0) is 9.59 Å². The van der Waals surface area contributed by atoms with Crippen molar-refractivity contribution in [2.75, 3.05) is 18.5 Å². The SMILES string of the molecule is O=C(O)CNCC(=O)NNc1ccccn1. The molecule has 0 aliphatic heterocycles. The number of carbonyl (C=O) groups excluding carboxylic acids is 1. The van der Waals surface area contributed by atoms with Gasteiger partial charge in [0.15, 0.2) is 0 Å². The summed E-state index contributed by atoms with van der Waals surface area (Å²) < 4.78 is 0. The van der Waals surface area contributed by atoms with Crippen LogP contribution in [-0.4, -0.2) is 35.1 Å². The van der Waals surface area contributed by atoms with Crippen LogP contribution in [0.15, 0.2) is 24.4 Å². The van der Waals surface area contributed by atoms with E-state index in [1.165, 1.54) is 0 Å². The molecule has 1 amide bonds. The van der Waals surface area contributed by atoms with Gasteiger partial charge in [-0.2, -0.15) is 0 Å². The zero-order valence-electron chi connectivity index (χ0n) is 8.43. The van der Waals surface area contributed by atoms with E-state index >= 15 is 0 Å². The maximum Gasteiger partial charge on any atom is 0.317 e. The van der Waals surface area contributed by atoms with Crippen LogP contribution in [0.4, 0.5) is 5.82 Å². The lowest BCUT2D eigenvalue weighted by Crippen LogP contribution is -2.39. The number of pyridine rings is 1. The Hall–Kier alpha value is -2.15. The van der Waals surface area contributed by atoms with E-state index in [9.17, 15) is 9.59 Å². The number of nitrogens with zero attached hydrogens (tertiary/aromatic N) is 1. The Bertz CT molecular complexity index is 355. The summed E-state index contributed by atoms with van der Waals surface area (Å²) >= 11 is 0. The summed E-state index contributed by atoms with van der Waals surface area (Å²) in [4.78, 5) is 25.2. The highest BCUT2D eigenvalue weighted by molar-refractivity contribution is 5.79. The number of aromatic nitrogens is 1. The summed E-state index contributed by atoms with van der Waals surface area (Å²) in [6, 6.07) is 5.20. The summed E-state index contributed by atoms with van der Waals surface area (Å²) in [6.07, 6.45) is 1.58. The lowest BCUT2D eigenvalue weighted by Gasteiger charge is -2.07. The Balaban J connectivity index is 2.18. The molecule has 0 fully saturated rings. The number of carboxylic acids is 1. The van der Waals surface area contributed by atoms with E-state index < -0.39 is 5.97 Å². The minimum atomic E-state index is -1.01. The Morgan fingerprint density at radius 2 is 2.12 bits per heavy atom. The van der Waals surface area contributed by atoms with Crippen LogP contribution in [0.2, 0.25) is 0 Å². The minimum Gasteiger partial charge on any atom is -0.480 e. The topological polar surface area (TPSA) is 103 Å². The molecule has 1 aromatic rings. The number of hydrogen-bond acceptors (Lipinski definition) is 5. The lowest BCUT2D eigenvalue weighted by molar-refractivity contribution is -0.136. The van der Waals surface area contributed by atoms with Crippen LogP contribution in [0.3, 0.4) is 0 Å². The van der Waals surface area contributed by atoms with Gasteiger partial charge < -0.3 is 5.11 Å². The van der Waals surface area contributed by atoms with Crippen LogP contribution in [0.5, 0.6) is 0 Å². The predicted octanol–water partition coefficient (Wildman–Crippen LogP) is -0.801. The second-order valence-corrected chi connectivity index (χ2v) is 2.89. The van der Waals surface area contributed by atoms with Crippen molar-refractivity contribution < 1.29 is 14.7 Å². The highest BCUT2D eigenvalue weighted by Gasteiger charge is 2.01. The third-order valence-electron chi connectivity index (χ3n) is 1.56. The molecular weight excluding hydrogens is 212 g/mol. The average molecular weight is 224 g/mol. The minimum absolute atomic E-state index is 0.0772. The molecule has 86 valence electrons. The number of carbonyl (C=O) groups is 2. The van der Waals surface area contributed by atoms with E-state index in [2.05, 4.69) is 21.2 Å². The van der Waals surface area contributed by atoms with E-state index in [1.54, 1.807) is 24.4 Å². The first-order chi connectivity index (χ1) is 7.68. The van der Waals surface area contributed by atoms with Gasteiger partial charge in [-0.3, -0.25) is 25.8 Å².